The Bertz CT molecular complexity index is 1550. The second kappa shape index (κ2) is 10.3. The second-order valence-electron chi connectivity index (χ2n) is 9.24. The molecule has 4 aromatic rings. The number of carbonyl (C=O) groups excluding carboxylic acids is 2. The molecule has 7 nitrogen and oxygen atoms in total. The second-order valence-corrected chi connectivity index (χ2v) is 10.2. The topological polar surface area (TPSA) is 89.0 Å². The highest BCUT2D eigenvalue weighted by atomic mass is 32.1. The molecule has 1 unspecified atom stereocenters. The van der Waals surface area contributed by atoms with E-state index in [4.69, 9.17) is 14.5 Å². The quantitative estimate of drug-likeness (QED) is 0.171. The molecule has 0 spiro atoms. The van der Waals surface area contributed by atoms with E-state index >= 15 is 0 Å². The van der Waals surface area contributed by atoms with Gasteiger partial charge in [-0.1, -0.05) is 36.5 Å². The van der Waals surface area contributed by atoms with E-state index in [-0.39, 0.29) is 11.3 Å². The van der Waals surface area contributed by atoms with Crippen LogP contribution in [-0.4, -0.2) is 35.5 Å². The van der Waals surface area contributed by atoms with Gasteiger partial charge in [0.2, 0.25) is 0 Å². The van der Waals surface area contributed by atoms with E-state index in [2.05, 4.69) is 0 Å². The highest BCUT2D eigenvalue weighted by molar-refractivity contribution is 7.22. The Morgan fingerprint density at radius 1 is 1.03 bits per heavy atom. The van der Waals surface area contributed by atoms with Crippen molar-refractivity contribution < 1.29 is 24.2 Å². The van der Waals surface area contributed by atoms with Crippen molar-refractivity contribution in [2.24, 2.45) is 0 Å². The third kappa shape index (κ3) is 4.52. The number of hydrogen-bond donors (Lipinski definition) is 1. The summed E-state index contributed by atoms with van der Waals surface area (Å²) in [5.41, 5.74) is 3.95. The Morgan fingerprint density at radius 2 is 1.71 bits per heavy atom. The van der Waals surface area contributed by atoms with Crippen LogP contribution in [0.2, 0.25) is 0 Å². The monoisotopic (exact) mass is 528 g/mol. The molecule has 5 rings (SSSR count). The number of aliphatic hydroxyl groups excluding tert-OH is 1. The van der Waals surface area contributed by atoms with Crippen molar-refractivity contribution >= 4 is 44.1 Å². The Kier molecular flexibility index (Phi) is 6.91. The molecular weight excluding hydrogens is 500 g/mol. The third-order valence-electron chi connectivity index (χ3n) is 6.50. The van der Waals surface area contributed by atoms with E-state index in [9.17, 15) is 14.7 Å². The van der Waals surface area contributed by atoms with Crippen LogP contribution in [0.25, 0.3) is 16.0 Å². The van der Waals surface area contributed by atoms with Crippen molar-refractivity contribution in [3.63, 3.8) is 0 Å². The van der Waals surface area contributed by atoms with E-state index in [0.29, 0.717) is 34.4 Å². The van der Waals surface area contributed by atoms with Gasteiger partial charge in [0, 0.05) is 5.56 Å². The summed E-state index contributed by atoms with van der Waals surface area (Å²) < 4.78 is 11.9. The van der Waals surface area contributed by atoms with Crippen LogP contribution in [0.5, 0.6) is 11.5 Å². The lowest BCUT2D eigenvalue weighted by molar-refractivity contribution is -0.132. The Hall–Kier alpha value is -4.17. The summed E-state index contributed by atoms with van der Waals surface area (Å²) in [5.74, 6) is -0.442. The lowest BCUT2D eigenvalue weighted by Gasteiger charge is -2.23. The normalized spacial score (nSPS) is 16.8. The molecule has 8 heteroatoms. The molecule has 0 saturated carbocycles. The van der Waals surface area contributed by atoms with E-state index in [1.54, 1.807) is 55.6 Å². The number of benzene rings is 3. The van der Waals surface area contributed by atoms with E-state index < -0.39 is 17.7 Å². The molecule has 1 atom stereocenters. The number of fused-ring (bicyclic) bond motifs is 1. The molecule has 1 aromatic heterocycles. The lowest BCUT2D eigenvalue weighted by atomic mass is 9.95. The van der Waals surface area contributed by atoms with Gasteiger partial charge in [-0.25, -0.2) is 4.98 Å². The average molecular weight is 529 g/mol. The number of Topliss-reactive ketones (excluding diaryl/α,β-unsaturated/α-hetero) is 1. The van der Waals surface area contributed by atoms with Crippen molar-refractivity contribution in [1.29, 1.82) is 0 Å². The minimum Gasteiger partial charge on any atom is -0.507 e. The van der Waals surface area contributed by atoms with Gasteiger partial charge < -0.3 is 14.6 Å². The van der Waals surface area contributed by atoms with Crippen molar-refractivity contribution in [1.82, 2.24) is 4.98 Å². The maximum atomic E-state index is 13.5. The number of thiazole rings is 1. The van der Waals surface area contributed by atoms with Crippen molar-refractivity contribution in [3.8, 4) is 11.5 Å². The maximum absolute atomic E-state index is 13.5. The van der Waals surface area contributed by atoms with Gasteiger partial charge in [-0.15, -0.1) is 0 Å². The summed E-state index contributed by atoms with van der Waals surface area (Å²) in [6.07, 6.45) is 0.873. The predicted molar refractivity (Wildman–Crippen MR) is 149 cm³/mol. The summed E-state index contributed by atoms with van der Waals surface area (Å²) in [6.45, 7) is 6.58. The zero-order valence-corrected chi connectivity index (χ0v) is 22.5. The van der Waals surface area contributed by atoms with E-state index in [0.717, 1.165) is 27.8 Å². The Morgan fingerprint density at radius 3 is 2.37 bits per heavy atom. The molecular formula is C30H28N2O5S. The standard InChI is InChI=1S/C30H28N2O5S/c1-5-14-37-22-12-8-20(9-13-22)27(33)24-26(19-6-10-21(36-4)11-7-19)32(29(35)28(24)34)30-31-25-18(3)15-17(2)16-23(25)38-30/h6-13,15-16,26,33H,5,14H2,1-4H3/b27-24+. The molecule has 1 fully saturated rings. The van der Waals surface area contributed by atoms with Crippen LogP contribution in [0, 0.1) is 13.8 Å². The number of methoxy groups -OCH3 is 1. The summed E-state index contributed by atoms with van der Waals surface area (Å²) in [5, 5.41) is 11.8. The molecule has 38 heavy (non-hydrogen) atoms. The van der Waals surface area contributed by atoms with Gasteiger partial charge in [-0.05, 0) is 79.4 Å². The smallest absolute Gasteiger partial charge is 0.301 e. The van der Waals surface area contributed by atoms with Gasteiger partial charge in [0.15, 0.2) is 5.13 Å². The van der Waals surface area contributed by atoms with Crippen LogP contribution >= 0.6 is 11.3 Å². The minimum absolute atomic E-state index is 0.00884. The van der Waals surface area contributed by atoms with Crippen LogP contribution in [0.3, 0.4) is 0 Å². The predicted octanol–water partition coefficient (Wildman–Crippen LogP) is 6.34. The van der Waals surface area contributed by atoms with Gasteiger partial charge in [-0.2, -0.15) is 0 Å². The first kappa shape index (κ1) is 25.5. The highest BCUT2D eigenvalue weighted by Crippen LogP contribution is 2.45. The van der Waals surface area contributed by atoms with Gasteiger partial charge in [0.1, 0.15) is 17.3 Å². The summed E-state index contributed by atoms with van der Waals surface area (Å²) in [6, 6.07) is 17.1. The third-order valence-corrected chi connectivity index (χ3v) is 7.50. The van der Waals surface area contributed by atoms with Crippen molar-refractivity contribution in [2.75, 3.05) is 18.6 Å². The largest absolute Gasteiger partial charge is 0.507 e. The number of ether oxygens (including phenoxy) is 2. The molecule has 2 heterocycles. The summed E-state index contributed by atoms with van der Waals surface area (Å²) in [7, 11) is 1.57. The van der Waals surface area contributed by atoms with Crippen LogP contribution in [0.1, 0.15) is 41.6 Å². The zero-order chi connectivity index (χ0) is 27.0. The van der Waals surface area contributed by atoms with Gasteiger partial charge in [0.25, 0.3) is 5.78 Å². The molecule has 1 aliphatic heterocycles. The average Bonchev–Trinajstić information content (AvgIpc) is 3.46. The molecule has 194 valence electrons. The molecule has 1 saturated heterocycles. The molecule has 3 aromatic carbocycles. The number of rotatable bonds is 7. The zero-order valence-electron chi connectivity index (χ0n) is 21.6. The van der Waals surface area contributed by atoms with E-state index in [1.807, 2.05) is 32.9 Å². The van der Waals surface area contributed by atoms with Crippen LogP contribution in [0.15, 0.2) is 66.2 Å². The highest BCUT2D eigenvalue weighted by Gasteiger charge is 2.48. The fraction of sp³-hybridized carbons (Fsp3) is 0.233. The van der Waals surface area contributed by atoms with E-state index in [1.165, 1.54) is 16.2 Å². The number of hydrogen-bond acceptors (Lipinski definition) is 7. The number of aryl methyl sites for hydroxylation is 2. The number of amides is 1. The van der Waals surface area contributed by atoms with Crippen LogP contribution in [0.4, 0.5) is 5.13 Å². The number of aliphatic hydroxyl groups is 1. The fourth-order valence-corrected chi connectivity index (χ4v) is 5.85. The minimum atomic E-state index is -0.862. The first-order valence-corrected chi connectivity index (χ1v) is 13.2. The van der Waals surface area contributed by atoms with Crippen molar-refractivity contribution in [3.05, 3.63) is 88.5 Å². The van der Waals surface area contributed by atoms with Gasteiger partial charge in [0.05, 0.1) is 35.5 Å². The van der Waals surface area contributed by atoms with Crippen LogP contribution in [-0.2, 0) is 9.59 Å². The SMILES string of the molecule is CCCOc1ccc(/C(O)=C2\C(=O)C(=O)N(c3nc4c(C)cc(C)cc4s3)C2c2ccc(OC)cc2)cc1. The fourth-order valence-electron chi connectivity index (χ4n) is 4.68. The number of nitrogens with zero attached hydrogens (tertiary/aromatic N) is 2. The molecule has 1 N–H and O–H groups in total. The number of anilines is 1. The number of carbonyl (C=O) groups is 2. The van der Waals surface area contributed by atoms with Crippen molar-refractivity contribution in [2.45, 2.75) is 33.2 Å². The molecule has 0 bridgehead atoms. The van der Waals surface area contributed by atoms with Gasteiger partial charge in [-0.3, -0.25) is 14.5 Å². The number of ketones is 1. The van der Waals surface area contributed by atoms with Crippen LogP contribution < -0.4 is 14.4 Å². The first-order valence-electron chi connectivity index (χ1n) is 12.4. The molecule has 0 radical (unpaired) electrons. The lowest BCUT2D eigenvalue weighted by Crippen LogP contribution is -2.29. The number of aromatic nitrogens is 1. The summed E-state index contributed by atoms with van der Waals surface area (Å²) in [4.78, 5) is 33.1. The first-order chi connectivity index (χ1) is 18.3. The Balaban J connectivity index is 1.66. The molecule has 0 aliphatic carbocycles. The molecule has 1 aliphatic rings. The maximum Gasteiger partial charge on any atom is 0.301 e. The summed E-state index contributed by atoms with van der Waals surface area (Å²) >= 11 is 1.35. The Labute approximate surface area is 225 Å². The molecule has 1 amide bonds. The van der Waals surface area contributed by atoms with Gasteiger partial charge >= 0.3 is 5.91 Å².